The van der Waals surface area contributed by atoms with Gasteiger partial charge < -0.3 is 10.5 Å². The summed E-state index contributed by atoms with van der Waals surface area (Å²) in [5, 5.41) is 2.01. The first-order valence-electron chi connectivity index (χ1n) is 4.09. The van der Waals surface area contributed by atoms with Crippen LogP contribution in [0.4, 0.5) is 0 Å². The lowest BCUT2D eigenvalue weighted by molar-refractivity contribution is -0.0200. The summed E-state index contributed by atoms with van der Waals surface area (Å²) in [7, 11) is 0. The number of ether oxygens (including phenoxy) is 1. The summed E-state index contributed by atoms with van der Waals surface area (Å²) in [5.41, 5.74) is 8.48. The summed E-state index contributed by atoms with van der Waals surface area (Å²) in [6.07, 6.45) is 2.38. The minimum atomic E-state index is 0.366. The van der Waals surface area contributed by atoms with Crippen molar-refractivity contribution in [3.05, 3.63) is 16.6 Å². The van der Waals surface area contributed by atoms with E-state index in [2.05, 4.69) is 4.98 Å². The summed E-state index contributed by atoms with van der Waals surface area (Å²) in [4.78, 5) is 4.13. The van der Waals surface area contributed by atoms with Crippen molar-refractivity contribution in [1.29, 1.82) is 0 Å². The Morgan fingerprint density at radius 3 is 3.08 bits per heavy atom. The Morgan fingerprint density at radius 2 is 2.50 bits per heavy atom. The van der Waals surface area contributed by atoms with Gasteiger partial charge in [0.05, 0.1) is 23.9 Å². The molecule has 1 aliphatic rings. The number of aromatic nitrogens is 1. The number of nitrogens with two attached hydrogens (primary N) is 1. The Morgan fingerprint density at radius 1 is 1.67 bits per heavy atom. The molecule has 3 nitrogen and oxygen atoms in total. The molecule has 1 aromatic heterocycles. The molecule has 0 saturated heterocycles. The molecule has 0 aromatic carbocycles. The highest BCUT2D eigenvalue weighted by atomic mass is 32.1. The molecule has 2 N–H and O–H groups in total. The van der Waals surface area contributed by atoms with Crippen LogP contribution in [0.5, 0.6) is 0 Å². The number of nitrogens with zero attached hydrogens (tertiary/aromatic N) is 1. The van der Waals surface area contributed by atoms with Crippen LogP contribution in [0.2, 0.25) is 0 Å². The minimum Gasteiger partial charge on any atom is -0.372 e. The topological polar surface area (TPSA) is 48.1 Å². The molecule has 1 fully saturated rings. The van der Waals surface area contributed by atoms with Crippen molar-refractivity contribution >= 4 is 11.3 Å². The molecule has 4 heteroatoms. The van der Waals surface area contributed by atoms with Crippen LogP contribution >= 0.6 is 11.3 Å². The number of thiazole rings is 1. The van der Waals surface area contributed by atoms with E-state index in [4.69, 9.17) is 10.5 Å². The third-order valence-electron chi connectivity index (χ3n) is 2.08. The third-order valence-corrected chi connectivity index (χ3v) is 2.72. The van der Waals surface area contributed by atoms with Gasteiger partial charge in [0.25, 0.3) is 0 Å². The zero-order chi connectivity index (χ0) is 8.39. The van der Waals surface area contributed by atoms with Gasteiger partial charge in [-0.05, 0) is 12.8 Å². The number of rotatable bonds is 3. The molecule has 0 bridgehead atoms. The monoisotopic (exact) mass is 184 g/mol. The Kier molecular flexibility index (Phi) is 2.39. The van der Waals surface area contributed by atoms with Crippen molar-refractivity contribution in [2.75, 3.05) is 0 Å². The smallest absolute Gasteiger partial charge is 0.0900 e. The molecule has 0 unspecified atom stereocenters. The largest absolute Gasteiger partial charge is 0.372 e. The van der Waals surface area contributed by atoms with E-state index in [-0.39, 0.29) is 0 Å². The van der Waals surface area contributed by atoms with Gasteiger partial charge >= 0.3 is 0 Å². The van der Waals surface area contributed by atoms with E-state index in [1.807, 2.05) is 10.9 Å². The second-order valence-corrected chi connectivity index (χ2v) is 3.86. The fourth-order valence-corrected chi connectivity index (χ4v) is 1.80. The van der Waals surface area contributed by atoms with Crippen molar-refractivity contribution in [3.63, 3.8) is 0 Å². The van der Waals surface area contributed by atoms with Gasteiger partial charge in [-0.1, -0.05) is 0 Å². The molecule has 1 saturated carbocycles. The van der Waals surface area contributed by atoms with Crippen molar-refractivity contribution in [1.82, 2.24) is 4.98 Å². The maximum absolute atomic E-state index is 5.62. The molecule has 1 aromatic rings. The standard InChI is InChI=1S/C8H12N2OS/c9-6-1-8(2-6)11-3-7-4-12-5-10-7/h4-6,8H,1-3,9H2. The Balaban J connectivity index is 1.70. The number of hydrogen-bond acceptors (Lipinski definition) is 4. The molecule has 0 spiro atoms. The van der Waals surface area contributed by atoms with Gasteiger partial charge in [0.1, 0.15) is 0 Å². The lowest BCUT2D eigenvalue weighted by Crippen LogP contribution is -2.41. The number of hydrogen-bond donors (Lipinski definition) is 1. The fraction of sp³-hybridized carbons (Fsp3) is 0.625. The first kappa shape index (κ1) is 8.16. The Bertz CT molecular complexity index is 231. The van der Waals surface area contributed by atoms with Crippen LogP contribution in [0.1, 0.15) is 18.5 Å². The molecule has 66 valence electrons. The van der Waals surface area contributed by atoms with Crippen LogP contribution in [-0.4, -0.2) is 17.1 Å². The van der Waals surface area contributed by atoms with Gasteiger partial charge in [0.2, 0.25) is 0 Å². The van der Waals surface area contributed by atoms with Gasteiger partial charge in [-0.25, -0.2) is 4.98 Å². The van der Waals surface area contributed by atoms with Gasteiger partial charge in [-0.3, -0.25) is 0 Å². The van der Waals surface area contributed by atoms with E-state index >= 15 is 0 Å². The average molecular weight is 184 g/mol. The van der Waals surface area contributed by atoms with Crippen molar-refractivity contribution in [2.45, 2.75) is 31.6 Å². The molecule has 12 heavy (non-hydrogen) atoms. The van der Waals surface area contributed by atoms with E-state index < -0.39 is 0 Å². The second-order valence-electron chi connectivity index (χ2n) is 3.14. The molecule has 0 atom stereocenters. The van der Waals surface area contributed by atoms with Crippen LogP contribution in [-0.2, 0) is 11.3 Å². The molecule has 0 aliphatic heterocycles. The highest BCUT2D eigenvalue weighted by molar-refractivity contribution is 7.07. The molecule has 2 rings (SSSR count). The quantitative estimate of drug-likeness (QED) is 0.766. The maximum atomic E-state index is 5.62. The van der Waals surface area contributed by atoms with E-state index in [0.717, 1.165) is 18.5 Å². The zero-order valence-electron chi connectivity index (χ0n) is 6.77. The SMILES string of the molecule is NC1CC(OCc2cscn2)C1. The maximum Gasteiger partial charge on any atom is 0.0900 e. The predicted molar refractivity (Wildman–Crippen MR) is 47.9 cm³/mol. The normalized spacial score (nSPS) is 28.4. The summed E-state index contributed by atoms with van der Waals surface area (Å²) < 4.78 is 5.56. The Hall–Kier alpha value is -0.450. The molecular weight excluding hydrogens is 172 g/mol. The van der Waals surface area contributed by atoms with Gasteiger partial charge in [0, 0.05) is 11.4 Å². The van der Waals surface area contributed by atoms with Crippen LogP contribution < -0.4 is 5.73 Å². The van der Waals surface area contributed by atoms with Crippen molar-refractivity contribution in [3.8, 4) is 0 Å². The van der Waals surface area contributed by atoms with Crippen LogP contribution in [0.25, 0.3) is 0 Å². The highest BCUT2D eigenvalue weighted by Gasteiger charge is 2.26. The third kappa shape index (κ3) is 1.83. The minimum absolute atomic E-state index is 0.366. The van der Waals surface area contributed by atoms with Crippen molar-refractivity contribution in [2.24, 2.45) is 5.73 Å². The fourth-order valence-electron chi connectivity index (χ4n) is 1.25. The lowest BCUT2D eigenvalue weighted by Gasteiger charge is -2.31. The molecule has 1 aliphatic carbocycles. The van der Waals surface area contributed by atoms with Crippen LogP contribution in [0.15, 0.2) is 10.9 Å². The average Bonchev–Trinajstić information content (AvgIpc) is 2.47. The van der Waals surface area contributed by atoms with E-state index in [0.29, 0.717) is 18.8 Å². The molecular formula is C8H12N2OS. The predicted octanol–water partition coefficient (Wildman–Crippen LogP) is 1.15. The first-order valence-corrected chi connectivity index (χ1v) is 5.03. The van der Waals surface area contributed by atoms with E-state index in [1.54, 1.807) is 11.3 Å². The second kappa shape index (κ2) is 3.51. The van der Waals surface area contributed by atoms with E-state index in [9.17, 15) is 0 Å². The van der Waals surface area contributed by atoms with Gasteiger partial charge in [-0.2, -0.15) is 0 Å². The van der Waals surface area contributed by atoms with E-state index in [1.165, 1.54) is 0 Å². The summed E-state index contributed by atoms with van der Waals surface area (Å²) in [6.45, 7) is 0.640. The highest BCUT2D eigenvalue weighted by Crippen LogP contribution is 2.22. The first-order chi connectivity index (χ1) is 5.84. The molecule has 1 heterocycles. The van der Waals surface area contributed by atoms with Gasteiger partial charge in [0.15, 0.2) is 0 Å². The molecule has 0 amide bonds. The summed E-state index contributed by atoms with van der Waals surface area (Å²) in [5.74, 6) is 0. The zero-order valence-corrected chi connectivity index (χ0v) is 7.59. The van der Waals surface area contributed by atoms with Crippen molar-refractivity contribution < 1.29 is 4.74 Å². The van der Waals surface area contributed by atoms with Crippen LogP contribution in [0, 0.1) is 0 Å². The summed E-state index contributed by atoms with van der Waals surface area (Å²) >= 11 is 1.60. The lowest BCUT2D eigenvalue weighted by atomic mass is 9.90. The van der Waals surface area contributed by atoms with Gasteiger partial charge in [-0.15, -0.1) is 11.3 Å². The molecule has 0 radical (unpaired) electrons. The summed E-state index contributed by atoms with van der Waals surface area (Å²) in [6, 6.07) is 0.366. The Labute approximate surface area is 75.6 Å². The van der Waals surface area contributed by atoms with Crippen LogP contribution in [0.3, 0.4) is 0 Å².